The van der Waals surface area contributed by atoms with Crippen molar-refractivity contribution in [1.82, 2.24) is 4.90 Å². The van der Waals surface area contributed by atoms with E-state index in [9.17, 15) is 18.0 Å². The predicted molar refractivity (Wildman–Crippen MR) is 39.9 cm³/mol. The van der Waals surface area contributed by atoms with Crippen LogP contribution in [0.3, 0.4) is 0 Å². The molecule has 0 aliphatic carbocycles. The minimum atomic E-state index is -3.57. The maximum atomic E-state index is 10.9. The molecule has 0 aromatic rings. The summed E-state index contributed by atoms with van der Waals surface area (Å²) in [5.74, 6) is -2.82. The lowest BCUT2D eigenvalue weighted by Gasteiger charge is -2.14. The third kappa shape index (κ3) is 1.89. The Morgan fingerprint density at radius 3 is 2.15 bits per heavy atom. The van der Waals surface area contributed by atoms with Gasteiger partial charge in [-0.25, -0.2) is 18.0 Å². The second-order valence-electron chi connectivity index (χ2n) is 2.65. The first kappa shape index (κ1) is 9.78. The van der Waals surface area contributed by atoms with Crippen molar-refractivity contribution in [3.63, 3.8) is 0 Å². The van der Waals surface area contributed by atoms with Gasteiger partial charge in [0.2, 0.25) is 0 Å². The molecule has 2 N–H and O–H groups in total. The Morgan fingerprint density at radius 2 is 1.85 bits per heavy atom. The van der Waals surface area contributed by atoms with Gasteiger partial charge >= 0.3 is 12.1 Å². The van der Waals surface area contributed by atoms with Crippen LogP contribution < -0.4 is 0 Å². The number of carboxylic acid groups (broad SMARTS) is 2. The van der Waals surface area contributed by atoms with Crippen LogP contribution in [-0.2, 0) is 14.6 Å². The maximum Gasteiger partial charge on any atom is 0.408 e. The molecule has 1 fully saturated rings. The van der Waals surface area contributed by atoms with E-state index in [1.807, 2.05) is 0 Å². The van der Waals surface area contributed by atoms with Crippen LogP contribution in [0.2, 0.25) is 0 Å². The van der Waals surface area contributed by atoms with Crippen molar-refractivity contribution < 1.29 is 28.2 Å². The van der Waals surface area contributed by atoms with Gasteiger partial charge in [-0.3, -0.25) is 4.90 Å². The molecule has 1 aliphatic rings. The standard InChI is InChI=1S/C5H7NO6S/c7-4(8)3-1-13(11,12)2-6(3)5(9)10/h3H,1-2H2,(H,7,8)(H,9,10)/t3-/m1/s1. The third-order valence-electron chi connectivity index (χ3n) is 1.65. The lowest BCUT2D eigenvalue weighted by atomic mass is 10.3. The molecule has 0 radical (unpaired) electrons. The van der Waals surface area contributed by atoms with Gasteiger partial charge in [0.05, 0.1) is 5.75 Å². The maximum absolute atomic E-state index is 10.9. The molecule has 0 aromatic heterocycles. The van der Waals surface area contributed by atoms with Crippen LogP contribution in [0.4, 0.5) is 4.79 Å². The van der Waals surface area contributed by atoms with Gasteiger partial charge in [-0.05, 0) is 0 Å². The van der Waals surface area contributed by atoms with Crippen LogP contribution in [0.15, 0.2) is 0 Å². The number of hydrogen-bond acceptors (Lipinski definition) is 4. The van der Waals surface area contributed by atoms with Crippen molar-refractivity contribution >= 4 is 21.9 Å². The van der Waals surface area contributed by atoms with Crippen molar-refractivity contribution in [2.45, 2.75) is 6.04 Å². The van der Waals surface area contributed by atoms with Gasteiger partial charge in [-0.15, -0.1) is 0 Å². The van der Waals surface area contributed by atoms with E-state index in [2.05, 4.69) is 0 Å². The van der Waals surface area contributed by atoms with Crippen LogP contribution in [0, 0.1) is 0 Å². The van der Waals surface area contributed by atoms with E-state index in [4.69, 9.17) is 10.2 Å². The Hall–Kier alpha value is -1.31. The molecule has 1 atom stereocenters. The lowest BCUT2D eigenvalue weighted by molar-refractivity contribution is -0.141. The van der Waals surface area contributed by atoms with Crippen molar-refractivity contribution in [2.24, 2.45) is 0 Å². The summed E-state index contributed by atoms with van der Waals surface area (Å²) in [5.41, 5.74) is 0. The van der Waals surface area contributed by atoms with Crippen LogP contribution >= 0.6 is 0 Å². The van der Waals surface area contributed by atoms with Crippen LogP contribution in [0.1, 0.15) is 0 Å². The Bertz CT molecular complexity index is 318. The quantitative estimate of drug-likeness (QED) is 0.561. The molecule has 13 heavy (non-hydrogen) atoms. The molecule has 1 aliphatic heterocycles. The van der Waals surface area contributed by atoms with Gasteiger partial charge < -0.3 is 10.2 Å². The zero-order valence-electron chi connectivity index (χ0n) is 6.37. The van der Waals surface area contributed by atoms with E-state index in [0.29, 0.717) is 4.90 Å². The van der Waals surface area contributed by atoms with E-state index < -0.39 is 39.6 Å². The molecule has 74 valence electrons. The van der Waals surface area contributed by atoms with Crippen LogP contribution in [0.25, 0.3) is 0 Å². The molecular formula is C5H7NO6S. The fourth-order valence-electron chi connectivity index (χ4n) is 1.08. The van der Waals surface area contributed by atoms with Crippen LogP contribution in [-0.4, -0.2) is 53.3 Å². The van der Waals surface area contributed by atoms with E-state index in [-0.39, 0.29) is 0 Å². The number of hydrogen-bond donors (Lipinski definition) is 2. The summed E-state index contributed by atoms with van der Waals surface area (Å²) < 4.78 is 21.8. The molecule has 0 aromatic carbocycles. The van der Waals surface area contributed by atoms with E-state index >= 15 is 0 Å². The second-order valence-corrected chi connectivity index (χ2v) is 4.72. The highest BCUT2D eigenvalue weighted by atomic mass is 32.2. The van der Waals surface area contributed by atoms with Crippen molar-refractivity contribution in [2.75, 3.05) is 11.6 Å². The van der Waals surface area contributed by atoms with E-state index in [1.165, 1.54) is 0 Å². The molecule has 1 heterocycles. The van der Waals surface area contributed by atoms with E-state index in [0.717, 1.165) is 0 Å². The molecule has 8 heteroatoms. The summed E-state index contributed by atoms with van der Waals surface area (Å²) in [4.78, 5) is 21.2. The summed E-state index contributed by atoms with van der Waals surface area (Å²) in [5, 5.41) is 17.0. The highest BCUT2D eigenvalue weighted by Gasteiger charge is 2.42. The summed E-state index contributed by atoms with van der Waals surface area (Å²) in [6, 6.07) is -1.47. The predicted octanol–water partition coefficient (Wildman–Crippen LogP) is -1.19. The Morgan fingerprint density at radius 1 is 1.31 bits per heavy atom. The second kappa shape index (κ2) is 2.87. The summed E-state index contributed by atoms with van der Waals surface area (Å²) in [6.45, 7) is 0. The van der Waals surface area contributed by atoms with E-state index in [1.54, 1.807) is 0 Å². The van der Waals surface area contributed by atoms with Gasteiger partial charge in [0.25, 0.3) is 0 Å². The number of carbonyl (C=O) groups is 2. The fourth-order valence-corrected chi connectivity index (χ4v) is 2.70. The Kier molecular flexibility index (Phi) is 2.16. The average molecular weight is 209 g/mol. The first-order chi connectivity index (χ1) is 5.83. The number of aliphatic carboxylic acids is 1. The molecule has 7 nitrogen and oxygen atoms in total. The molecular weight excluding hydrogens is 202 g/mol. The molecule has 1 rings (SSSR count). The molecule has 0 bridgehead atoms. The minimum absolute atomic E-state index is 0.400. The number of sulfone groups is 1. The summed E-state index contributed by atoms with van der Waals surface area (Å²) in [6.07, 6.45) is -1.53. The number of nitrogens with zero attached hydrogens (tertiary/aromatic N) is 1. The average Bonchev–Trinajstić information content (AvgIpc) is 2.26. The topological polar surface area (TPSA) is 112 Å². The molecule has 0 unspecified atom stereocenters. The molecule has 1 saturated heterocycles. The highest BCUT2D eigenvalue weighted by Crippen LogP contribution is 2.15. The third-order valence-corrected chi connectivity index (χ3v) is 3.15. The zero-order chi connectivity index (χ0) is 10.2. The van der Waals surface area contributed by atoms with Crippen molar-refractivity contribution in [3.05, 3.63) is 0 Å². The van der Waals surface area contributed by atoms with Gasteiger partial charge in [0, 0.05) is 0 Å². The first-order valence-corrected chi connectivity index (χ1v) is 5.08. The monoisotopic (exact) mass is 209 g/mol. The largest absolute Gasteiger partial charge is 0.480 e. The number of carboxylic acids is 1. The molecule has 0 saturated carbocycles. The number of rotatable bonds is 1. The first-order valence-electron chi connectivity index (χ1n) is 3.26. The van der Waals surface area contributed by atoms with Gasteiger partial charge in [0.15, 0.2) is 9.84 Å². The smallest absolute Gasteiger partial charge is 0.408 e. The SMILES string of the molecule is O=C(O)[C@H]1CS(=O)(=O)CN1C(=O)O. The number of amides is 1. The Labute approximate surface area is 73.5 Å². The zero-order valence-corrected chi connectivity index (χ0v) is 7.19. The lowest BCUT2D eigenvalue weighted by Crippen LogP contribution is -2.40. The van der Waals surface area contributed by atoms with Crippen molar-refractivity contribution in [3.8, 4) is 0 Å². The fraction of sp³-hybridized carbons (Fsp3) is 0.600. The summed E-state index contributed by atoms with van der Waals surface area (Å²) in [7, 11) is -3.57. The normalized spacial score (nSPS) is 25.8. The van der Waals surface area contributed by atoms with Gasteiger partial charge in [-0.2, -0.15) is 0 Å². The van der Waals surface area contributed by atoms with Crippen molar-refractivity contribution in [1.29, 1.82) is 0 Å². The van der Waals surface area contributed by atoms with Gasteiger partial charge in [-0.1, -0.05) is 0 Å². The van der Waals surface area contributed by atoms with Crippen LogP contribution in [0.5, 0.6) is 0 Å². The highest BCUT2D eigenvalue weighted by molar-refractivity contribution is 7.91. The molecule has 0 spiro atoms. The summed E-state index contributed by atoms with van der Waals surface area (Å²) >= 11 is 0. The minimum Gasteiger partial charge on any atom is -0.480 e. The Balaban J connectivity index is 2.97. The van der Waals surface area contributed by atoms with Gasteiger partial charge in [0.1, 0.15) is 11.9 Å². The molecule has 1 amide bonds.